The van der Waals surface area contributed by atoms with Crippen molar-refractivity contribution in [2.75, 3.05) is 0 Å². The molecular weight excluding hydrogens is 456 g/mol. The van der Waals surface area contributed by atoms with Crippen molar-refractivity contribution in [3.05, 3.63) is 80.8 Å². The predicted octanol–water partition coefficient (Wildman–Crippen LogP) is 3.93. The second-order valence-corrected chi connectivity index (χ2v) is 8.96. The van der Waals surface area contributed by atoms with Crippen LogP contribution in [-0.4, -0.2) is 25.6 Å². The normalized spacial score (nSPS) is 18.6. The second kappa shape index (κ2) is 8.38. The van der Waals surface area contributed by atoms with E-state index in [9.17, 15) is 18.4 Å². The van der Waals surface area contributed by atoms with E-state index in [2.05, 4.69) is 20.3 Å². The van der Waals surface area contributed by atoms with Crippen molar-refractivity contribution in [3.8, 4) is 0 Å². The Morgan fingerprint density at radius 1 is 1.00 bits per heavy atom. The third-order valence-corrected chi connectivity index (χ3v) is 6.76. The highest BCUT2D eigenvalue weighted by Gasteiger charge is 2.25. The molecule has 4 aromatic heterocycles. The number of rotatable bonds is 4. The van der Waals surface area contributed by atoms with Gasteiger partial charge in [-0.25, -0.2) is 23.5 Å². The van der Waals surface area contributed by atoms with Gasteiger partial charge >= 0.3 is 5.63 Å². The van der Waals surface area contributed by atoms with Gasteiger partial charge in [-0.15, -0.1) is 0 Å². The molecule has 178 valence electrons. The third kappa shape index (κ3) is 3.89. The molecule has 2 N–H and O–H groups in total. The molecule has 10 heteroatoms. The van der Waals surface area contributed by atoms with Gasteiger partial charge in [0.1, 0.15) is 17.2 Å². The smallest absolute Gasteiger partial charge is 0.345 e. The van der Waals surface area contributed by atoms with Crippen LogP contribution in [0.1, 0.15) is 37.4 Å². The lowest BCUT2D eigenvalue weighted by Crippen LogP contribution is -2.36. The monoisotopic (exact) mass is 477 g/mol. The molecule has 0 saturated heterocycles. The lowest BCUT2D eigenvalue weighted by molar-refractivity contribution is 0.290. The summed E-state index contributed by atoms with van der Waals surface area (Å²) in [5.41, 5.74) is 1.71. The Bertz CT molecular complexity index is 1700. The fourth-order valence-corrected chi connectivity index (χ4v) is 5.08. The van der Waals surface area contributed by atoms with Crippen LogP contribution >= 0.6 is 0 Å². The number of nitrogens with zero attached hydrogens (tertiary/aromatic N) is 3. The SMILES string of the molecule is O=c1oc2ccc(F)cc2c2[nH]c(CN[C@H]3CC[C@H](n4c(=O)cnc5ncc(F)cc54)CC3)cc12. The van der Waals surface area contributed by atoms with Gasteiger partial charge in [0.25, 0.3) is 5.56 Å². The molecule has 0 unspecified atom stereocenters. The summed E-state index contributed by atoms with van der Waals surface area (Å²) in [5.74, 6) is -0.907. The summed E-state index contributed by atoms with van der Waals surface area (Å²) >= 11 is 0. The van der Waals surface area contributed by atoms with Crippen LogP contribution in [0.5, 0.6) is 0 Å². The summed E-state index contributed by atoms with van der Waals surface area (Å²) in [4.78, 5) is 36.1. The van der Waals surface area contributed by atoms with Crippen LogP contribution in [0.25, 0.3) is 33.0 Å². The number of hydrogen-bond donors (Lipinski definition) is 2. The highest BCUT2D eigenvalue weighted by molar-refractivity contribution is 6.02. The zero-order chi connectivity index (χ0) is 24.1. The van der Waals surface area contributed by atoms with Crippen LogP contribution in [0, 0.1) is 11.6 Å². The number of fused-ring (bicyclic) bond motifs is 4. The summed E-state index contributed by atoms with van der Waals surface area (Å²) < 4.78 is 34.5. The third-order valence-electron chi connectivity index (χ3n) is 6.76. The Kier molecular flexibility index (Phi) is 5.18. The van der Waals surface area contributed by atoms with Crippen molar-refractivity contribution >= 4 is 33.0 Å². The van der Waals surface area contributed by atoms with Crippen molar-refractivity contribution < 1.29 is 13.2 Å². The maximum absolute atomic E-state index is 13.8. The van der Waals surface area contributed by atoms with E-state index in [-0.39, 0.29) is 17.6 Å². The zero-order valence-corrected chi connectivity index (χ0v) is 18.6. The topological polar surface area (TPSA) is 106 Å². The average Bonchev–Trinajstić information content (AvgIpc) is 3.29. The van der Waals surface area contributed by atoms with Crippen LogP contribution in [0.2, 0.25) is 0 Å². The highest BCUT2D eigenvalue weighted by atomic mass is 19.1. The molecule has 0 aliphatic heterocycles. The maximum Gasteiger partial charge on any atom is 0.345 e. The molecule has 0 spiro atoms. The number of aromatic nitrogens is 4. The minimum absolute atomic E-state index is 0.0615. The van der Waals surface area contributed by atoms with E-state index < -0.39 is 17.3 Å². The first-order valence-electron chi connectivity index (χ1n) is 11.5. The number of halogens is 2. The number of nitrogens with one attached hydrogen (secondary N) is 2. The van der Waals surface area contributed by atoms with E-state index in [4.69, 9.17) is 4.42 Å². The number of benzene rings is 1. The maximum atomic E-state index is 13.8. The molecule has 0 bridgehead atoms. The average molecular weight is 477 g/mol. The summed E-state index contributed by atoms with van der Waals surface area (Å²) in [7, 11) is 0. The molecule has 0 atom stereocenters. The van der Waals surface area contributed by atoms with Gasteiger partial charge in [-0.3, -0.25) is 4.79 Å². The van der Waals surface area contributed by atoms with Gasteiger partial charge in [0.2, 0.25) is 0 Å². The van der Waals surface area contributed by atoms with Crippen molar-refractivity contribution in [1.82, 2.24) is 24.8 Å². The fraction of sp³-hybridized carbons (Fsp3) is 0.280. The second-order valence-electron chi connectivity index (χ2n) is 8.96. The molecule has 1 aliphatic carbocycles. The van der Waals surface area contributed by atoms with Crippen LogP contribution in [0.4, 0.5) is 8.78 Å². The molecule has 5 aromatic rings. The highest BCUT2D eigenvalue weighted by Crippen LogP contribution is 2.30. The summed E-state index contributed by atoms with van der Waals surface area (Å²) in [6, 6.07) is 7.24. The molecule has 8 nitrogen and oxygen atoms in total. The van der Waals surface area contributed by atoms with E-state index in [1.54, 1.807) is 10.6 Å². The van der Waals surface area contributed by atoms with E-state index in [1.807, 2.05) is 0 Å². The largest absolute Gasteiger partial charge is 0.422 e. The van der Waals surface area contributed by atoms with E-state index in [1.165, 1.54) is 30.5 Å². The summed E-state index contributed by atoms with van der Waals surface area (Å²) in [6.45, 7) is 0.494. The van der Waals surface area contributed by atoms with E-state index >= 15 is 0 Å². The van der Waals surface area contributed by atoms with Crippen molar-refractivity contribution in [3.63, 3.8) is 0 Å². The lowest BCUT2D eigenvalue weighted by atomic mass is 9.90. The molecule has 1 saturated carbocycles. The summed E-state index contributed by atoms with van der Waals surface area (Å²) in [6.07, 6.45) is 5.46. The van der Waals surface area contributed by atoms with Gasteiger partial charge in [-0.1, -0.05) is 0 Å². The van der Waals surface area contributed by atoms with Crippen LogP contribution in [-0.2, 0) is 6.54 Å². The minimum atomic E-state index is -0.503. The quantitative estimate of drug-likeness (QED) is 0.380. The van der Waals surface area contributed by atoms with Gasteiger partial charge in [0.05, 0.1) is 28.8 Å². The molecule has 4 heterocycles. The first-order valence-corrected chi connectivity index (χ1v) is 11.5. The van der Waals surface area contributed by atoms with Gasteiger partial charge in [0, 0.05) is 35.8 Å². The standard InChI is InChI=1S/C25H21F2N5O3/c26-13-1-6-21-18(7-13)23-19(25(34)35-21)9-16(31-23)11-28-15-2-4-17(5-3-15)32-20-8-14(27)10-29-24(20)30-12-22(32)33/h1,6-10,12,15,17,28,31H,2-5,11H2/t15-,17-. The van der Waals surface area contributed by atoms with E-state index in [0.29, 0.717) is 39.6 Å². The molecule has 1 fully saturated rings. The first-order chi connectivity index (χ1) is 17.0. The Balaban J connectivity index is 1.18. The Morgan fingerprint density at radius 2 is 1.80 bits per heavy atom. The van der Waals surface area contributed by atoms with Gasteiger partial charge in [-0.05, 0) is 49.9 Å². The zero-order valence-electron chi connectivity index (χ0n) is 18.6. The van der Waals surface area contributed by atoms with Gasteiger partial charge < -0.3 is 19.3 Å². The molecule has 1 aromatic carbocycles. The molecule has 35 heavy (non-hydrogen) atoms. The number of H-pyrrole nitrogens is 1. The van der Waals surface area contributed by atoms with E-state index in [0.717, 1.165) is 37.6 Å². The lowest BCUT2D eigenvalue weighted by Gasteiger charge is -2.30. The Morgan fingerprint density at radius 3 is 2.63 bits per heavy atom. The van der Waals surface area contributed by atoms with Gasteiger partial charge in [0.15, 0.2) is 5.65 Å². The fourth-order valence-electron chi connectivity index (χ4n) is 5.08. The van der Waals surface area contributed by atoms with Gasteiger partial charge in [-0.2, -0.15) is 0 Å². The van der Waals surface area contributed by atoms with Crippen molar-refractivity contribution in [1.29, 1.82) is 0 Å². The Labute approximate surface area is 196 Å². The van der Waals surface area contributed by atoms with Crippen molar-refractivity contribution in [2.24, 2.45) is 0 Å². The summed E-state index contributed by atoms with van der Waals surface area (Å²) in [5, 5.41) is 4.40. The van der Waals surface area contributed by atoms with Crippen molar-refractivity contribution in [2.45, 2.75) is 44.3 Å². The molecule has 0 amide bonds. The van der Waals surface area contributed by atoms with Crippen LogP contribution in [0.3, 0.4) is 0 Å². The number of aromatic amines is 1. The number of pyridine rings is 1. The predicted molar refractivity (Wildman–Crippen MR) is 126 cm³/mol. The van der Waals surface area contributed by atoms with Crippen LogP contribution in [0.15, 0.2) is 56.7 Å². The molecular formula is C25H21F2N5O3. The first kappa shape index (κ1) is 21.6. The minimum Gasteiger partial charge on any atom is -0.422 e. The number of hydrogen-bond acceptors (Lipinski definition) is 6. The Hall–Kier alpha value is -3.92. The van der Waals surface area contributed by atoms with Crippen LogP contribution < -0.4 is 16.5 Å². The molecule has 1 aliphatic rings. The molecule has 0 radical (unpaired) electrons. The molecule has 6 rings (SSSR count).